The average molecular weight is 332 g/mol. The Hall–Kier alpha value is -2.00. The van der Waals surface area contributed by atoms with Crippen molar-refractivity contribution in [3.8, 4) is 5.75 Å². The van der Waals surface area contributed by atoms with Gasteiger partial charge in [0.1, 0.15) is 5.75 Å². The molecule has 0 radical (unpaired) electrons. The number of ether oxygens (including phenoxy) is 1. The minimum absolute atomic E-state index is 0.108. The van der Waals surface area contributed by atoms with Crippen LogP contribution >= 0.6 is 11.6 Å². The van der Waals surface area contributed by atoms with E-state index in [4.69, 9.17) is 16.3 Å². The van der Waals surface area contributed by atoms with Crippen LogP contribution in [-0.4, -0.2) is 12.0 Å². The molecule has 0 fully saturated rings. The lowest BCUT2D eigenvalue weighted by Crippen LogP contribution is -2.37. The SMILES string of the molecule is CC[C@@H](Oc1cc(C)ccc1C)C(=O)NCc1ccc(Cl)cc1. The Labute approximate surface area is 142 Å². The van der Waals surface area contributed by atoms with Crippen LogP contribution in [0.4, 0.5) is 0 Å². The van der Waals surface area contributed by atoms with Crippen molar-refractivity contribution in [1.82, 2.24) is 5.32 Å². The number of amides is 1. The predicted molar refractivity (Wildman–Crippen MR) is 93.9 cm³/mol. The average Bonchev–Trinajstić information content (AvgIpc) is 2.54. The van der Waals surface area contributed by atoms with Crippen LogP contribution in [0.5, 0.6) is 5.75 Å². The van der Waals surface area contributed by atoms with Crippen LogP contribution in [0, 0.1) is 13.8 Å². The predicted octanol–water partition coefficient (Wildman–Crippen LogP) is 4.43. The van der Waals surface area contributed by atoms with Gasteiger partial charge in [0.25, 0.3) is 5.91 Å². The van der Waals surface area contributed by atoms with Crippen LogP contribution in [0.25, 0.3) is 0 Å². The van der Waals surface area contributed by atoms with E-state index < -0.39 is 6.10 Å². The van der Waals surface area contributed by atoms with E-state index in [0.29, 0.717) is 18.0 Å². The fourth-order valence-electron chi connectivity index (χ4n) is 2.22. The maximum atomic E-state index is 12.4. The van der Waals surface area contributed by atoms with Crippen molar-refractivity contribution < 1.29 is 9.53 Å². The lowest BCUT2D eigenvalue weighted by molar-refractivity contribution is -0.128. The Bertz CT molecular complexity index is 668. The second kappa shape index (κ2) is 8.02. The van der Waals surface area contributed by atoms with Gasteiger partial charge in [-0.2, -0.15) is 0 Å². The van der Waals surface area contributed by atoms with E-state index in [0.717, 1.165) is 22.4 Å². The lowest BCUT2D eigenvalue weighted by atomic mass is 10.1. The van der Waals surface area contributed by atoms with Gasteiger partial charge in [0.05, 0.1) is 0 Å². The summed E-state index contributed by atoms with van der Waals surface area (Å²) in [6.45, 7) is 6.39. The summed E-state index contributed by atoms with van der Waals surface area (Å²) in [5.74, 6) is 0.654. The van der Waals surface area contributed by atoms with E-state index >= 15 is 0 Å². The van der Waals surface area contributed by atoms with Crippen LogP contribution in [0.1, 0.15) is 30.0 Å². The van der Waals surface area contributed by atoms with Gasteiger partial charge in [-0.3, -0.25) is 4.79 Å². The van der Waals surface area contributed by atoms with E-state index in [2.05, 4.69) is 5.32 Å². The van der Waals surface area contributed by atoms with Crippen molar-refractivity contribution in [1.29, 1.82) is 0 Å². The lowest BCUT2D eigenvalue weighted by Gasteiger charge is -2.19. The Morgan fingerprint density at radius 3 is 2.52 bits per heavy atom. The van der Waals surface area contributed by atoms with Crippen LogP contribution in [0.2, 0.25) is 5.02 Å². The van der Waals surface area contributed by atoms with Gasteiger partial charge in [-0.05, 0) is 55.2 Å². The Balaban J connectivity index is 1.98. The minimum Gasteiger partial charge on any atom is -0.480 e. The van der Waals surface area contributed by atoms with Gasteiger partial charge >= 0.3 is 0 Å². The van der Waals surface area contributed by atoms with E-state index in [-0.39, 0.29) is 5.91 Å². The molecule has 2 rings (SSSR count). The molecule has 0 saturated heterocycles. The fraction of sp³-hybridized carbons (Fsp3) is 0.316. The van der Waals surface area contributed by atoms with Gasteiger partial charge in [0.15, 0.2) is 6.10 Å². The molecule has 0 saturated carbocycles. The molecule has 0 bridgehead atoms. The van der Waals surface area contributed by atoms with E-state index in [1.165, 1.54) is 0 Å². The third kappa shape index (κ3) is 5.00. The fourth-order valence-corrected chi connectivity index (χ4v) is 2.34. The molecule has 4 heteroatoms. The van der Waals surface area contributed by atoms with Crippen molar-refractivity contribution in [2.24, 2.45) is 0 Å². The van der Waals surface area contributed by atoms with Gasteiger partial charge in [-0.15, -0.1) is 0 Å². The van der Waals surface area contributed by atoms with Crippen LogP contribution in [-0.2, 0) is 11.3 Å². The molecule has 0 unspecified atom stereocenters. The summed E-state index contributed by atoms with van der Waals surface area (Å²) in [5.41, 5.74) is 3.14. The first-order chi connectivity index (χ1) is 11.0. The van der Waals surface area contributed by atoms with E-state index in [1.54, 1.807) is 0 Å². The first-order valence-corrected chi connectivity index (χ1v) is 8.13. The van der Waals surface area contributed by atoms with Crippen LogP contribution in [0.15, 0.2) is 42.5 Å². The number of benzene rings is 2. The normalized spacial score (nSPS) is 11.8. The summed E-state index contributed by atoms with van der Waals surface area (Å²) in [7, 11) is 0. The summed E-state index contributed by atoms with van der Waals surface area (Å²) in [6.07, 6.45) is 0.114. The first-order valence-electron chi connectivity index (χ1n) is 7.75. The number of hydrogen-bond donors (Lipinski definition) is 1. The zero-order chi connectivity index (χ0) is 16.8. The summed E-state index contributed by atoms with van der Waals surface area (Å²) >= 11 is 5.86. The quantitative estimate of drug-likeness (QED) is 0.850. The number of carbonyl (C=O) groups excluding carboxylic acids is 1. The summed E-state index contributed by atoms with van der Waals surface area (Å²) in [5, 5.41) is 3.60. The standard InChI is InChI=1S/C19H22ClNO2/c1-4-17(23-18-11-13(2)5-6-14(18)3)19(22)21-12-15-7-9-16(20)10-8-15/h5-11,17H,4,12H2,1-3H3,(H,21,22)/t17-/m1/s1. The third-order valence-corrected chi connectivity index (χ3v) is 3.91. The zero-order valence-electron chi connectivity index (χ0n) is 13.7. The van der Waals surface area contributed by atoms with Crippen molar-refractivity contribution >= 4 is 17.5 Å². The Morgan fingerprint density at radius 2 is 1.87 bits per heavy atom. The minimum atomic E-state index is -0.497. The number of nitrogens with one attached hydrogen (secondary N) is 1. The molecule has 23 heavy (non-hydrogen) atoms. The van der Waals surface area contributed by atoms with Crippen molar-refractivity contribution in [3.63, 3.8) is 0 Å². The van der Waals surface area contributed by atoms with Crippen LogP contribution < -0.4 is 10.1 Å². The first kappa shape index (κ1) is 17.4. The number of carbonyl (C=O) groups is 1. The Morgan fingerprint density at radius 1 is 1.17 bits per heavy atom. The van der Waals surface area contributed by atoms with Gasteiger partial charge in [0.2, 0.25) is 0 Å². The Kier molecular flexibility index (Phi) is 6.05. The van der Waals surface area contributed by atoms with E-state index in [9.17, 15) is 4.79 Å². The number of aryl methyl sites for hydroxylation is 2. The second-order valence-electron chi connectivity index (χ2n) is 5.63. The molecule has 1 atom stereocenters. The van der Waals surface area contributed by atoms with Crippen LogP contribution in [0.3, 0.4) is 0 Å². The highest BCUT2D eigenvalue weighted by Crippen LogP contribution is 2.21. The molecule has 1 N–H and O–H groups in total. The largest absolute Gasteiger partial charge is 0.480 e. The smallest absolute Gasteiger partial charge is 0.261 e. The molecule has 0 aliphatic heterocycles. The topological polar surface area (TPSA) is 38.3 Å². The highest BCUT2D eigenvalue weighted by atomic mass is 35.5. The molecular weight excluding hydrogens is 310 g/mol. The molecule has 0 aliphatic rings. The molecule has 2 aromatic rings. The molecular formula is C19H22ClNO2. The molecule has 3 nitrogen and oxygen atoms in total. The zero-order valence-corrected chi connectivity index (χ0v) is 14.5. The summed E-state index contributed by atoms with van der Waals surface area (Å²) in [4.78, 5) is 12.4. The molecule has 0 aliphatic carbocycles. The highest BCUT2D eigenvalue weighted by Gasteiger charge is 2.18. The monoisotopic (exact) mass is 331 g/mol. The highest BCUT2D eigenvalue weighted by molar-refractivity contribution is 6.30. The molecule has 122 valence electrons. The van der Waals surface area contributed by atoms with Gasteiger partial charge in [0, 0.05) is 11.6 Å². The maximum absolute atomic E-state index is 12.4. The van der Waals surface area contributed by atoms with Gasteiger partial charge in [-0.25, -0.2) is 0 Å². The number of hydrogen-bond acceptors (Lipinski definition) is 2. The molecule has 1 amide bonds. The van der Waals surface area contributed by atoms with Gasteiger partial charge in [-0.1, -0.05) is 42.8 Å². The maximum Gasteiger partial charge on any atom is 0.261 e. The number of rotatable bonds is 6. The van der Waals surface area contributed by atoms with Crippen molar-refractivity contribution in [3.05, 3.63) is 64.2 Å². The molecule has 0 heterocycles. The van der Waals surface area contributed by atoms with Crippen molar-refractivity contribution in [2.45, 2.75) is 39.8 Å². The van der Waals surface area contributed by atoms with Crippen molar-refractivity contribution in [2.75, 3.05) is 0 Å². The van der Waals surface area contributed by atoms with E-state index in [1.807, 2.05) is 63.2 Å². The third-order valence-electron chi connectivity index (χ3n) is 3.66. The summed E-state index contributed by atoms with van der Waals surface area (Å²) in [6, 6.07) is 13.4. The second-order valence-corrected chi connectivity index (χ2v) is 6.06. The van der Waals surface area contributed by atoms with Gasteiger partial charge < -0.3 is 10.1 Å². The molecule has 0 spiro atoms. The molecule has 2 aromatic carbocycles. The molecule has 0 aromatic heterocycles. The number of halogens is 1. The summed E-state index contributed by atoms with van der Waals surface area (Å²) < 4.78 is 5.91.